The molecule has 0 spiro atoms. The summed E-state index contributed by atoms with van der Waals surface area (Å²) in [7, 11) is 0. The van der Waals surface area contributed by atoms with Gasteiger partial charge in [-0.15, -0.1) is 11.3 Å². The Kier molecular flexibility index (Phi) is 4.79. The molecular formula is C19H16ClN5OS. The van der Waals surface area contributed by atoms with Gasteiger partial charge in [-0.3, -0.25) is 9.36 Å². The van der Waals surface area contributed by atoms with Crippen molar-refractivity contribution in [3.05, 3.63) is 76.5 Å². The fourth-order valence-electron chi connectivity index (χ4n) is 2.81. The Labute approximate surface area is 164 Å². The molecule has 1 amide bonds. The number of halogens is 1. The number of aromatic amines is 1. The molecule has 8 heteroatoms. The number of nitrogens with one attached hydrogen (secondary N) is 2. The first-order valence-electron chi connectivity index (χ1n) is 8.28. The fourth-order valence-corrected chi connectivity index (χ4v) is 3.89. The van der Waals surface area contributed by atoms with Gasteiger partial charge in [0.15, 0.2) is 0 Å². The number of hydrogen-bond acceptors (Lipinski definition) is 4. The van der Waals surface area contributed by atoms with E-state index in [1.165, 1.54) is 11.3 Å². The van der Waals surface area contributed by atoms with Gasteiger partial charge in [-0.2, -0.15) is 0 Å². The zero-order valence-corrected chi connectivity index (χ0v) is 16.0. The lowest BCUT2D eigenvalue weighted by Gasteiger charge is -2.08. The number of carbonyl (C=O) groups excluding carboxylic acids is 1. The van der Waals surface area contributed by atoms with Gasteiger partial charge in [0.1, 0.15) is 11.6 Å². The van der Waals surface area contributed by atoms with Crippen molar-refractivity contribution in [3.8, 4) is 16.3 Å². The number of nitrogens with zero attached hydrogens (tertiary/aromatic N) is 3. The Hall–Kier alpha value is -2.90. The summed E-state index contributed by atoms with van der Waals surface area (Å²) in [4.78, 5) is 25.2. The molecule has 0 atom stereocenters. The third-order valence-corrected chi connectivity index (χ3v) is 5.43. The highest BCUT2D eigenvalue weighted by Gasteiger charge is 2.15. The van der Waals surface area contributed by atoms with Gasteiger partial charge in [0.05, 0.1) is 9.90 Å². The molecule has 4 heterocycles. The topological polar surface area (TPSA) is 75.6 Å². The summed E-state index contributed by atoms with van der Waals surface area (Å²) >= 11 is 7.46. The molecule has 0 saturated heterocycles. The van der Waals surface area contributed by atoms with E-state index in [1.54, 1.807) is 18.6 Å². The first-order valence-corrected chi connectivity index (χ1v) is 9.47. The highest BCUT2D eigenvalue weighted by molar-refractivity contribution is 7.19. The summed E-state index contributed by atoms with van der Waals surface area (Å²) in [5, 5.41) is 2.97. The molecule has 0 aliphatic carbocycles. The molecule has 0 bridgehead atoms. The van der Waals surface area contributed by atoms with Crippen LogP contribution in [0.15, 0.2) is 55.2 Å². The molecule has 4 aromatic heterocycles. The van der Waals surface area contributed by atoms with Gasteiger partial charge < -0.3 is 10.3 Å². The number of thiophene rings is 1. The number of aryl methyl sites for hydroxylation is 1. The molecule has 2 N–H and O–H groups in total. The SMILES string of the molecule is Cc1nccn1-c1cc(CNC(=O)c2c[nH]cc2-c2ccc(Cl)s2)ccn1. The fraction of sp³-hybridized carbons (Fsp3) is 0.105. The molecule has 6 nitrogen and oxygen atoms in total. The maximum absolute atomic E-state index is 12.7. The number of hydrogen-bond donors (Lipinski definition) is 2. The molecule has 136 valence electrons. The molecule has 4 aromatic rings. The summed E-state index contributed by atoms with van der Waals surface area (Å²) in [6.07, 6.45) is 8.83. The predicted molar refractivity (Wildman–Crippen MR) is 106 cm³/mol. The van der Waals surface area contributed by atoms with Crippen LogP contribution in [-0.2, 0) is 6.54 Å². The Balaban J connectivity index is 1.49. The van der Waals surface area contributed by atoms with E-state index in [1.807, 2.05) is 48.1 Å². The van der Waals surface area contributed by atoms with Gasteiger partial charge in [-0.1, -0.05) is 11.6 Å². The van der Waals surface area contributed by atoms with Crippen LogP contribution in [0.4, 0.5) is 0 Å². The standard InChI is InChI=1S/C19H16ClN5OS/c1-12-22-6-7-25(12)18-8-13(4-5-23-18)9-24-19(26)15-11-21-10-14(15)16-2-3-17(20)27-16/h2-8,10-11,21H,9H2,1H3,(H,24,26). The average molecular weight is 398 g/mol. The maximum Gasteiger partial charge on any atom is 0.253 e. The highest BCUT2D eigenvalue weighted by Crippen LogP contribution is 2.33. The second-order valence-electron chi connectivity index (χ2n) is 5.94. The Bertz CT molecular complexity index is 1100. The highest BCUT2D eigenvalue weighted by atomic mass is 35.5. The molecular weight excluding hydrogens is 382 g/mol. The Morgan fingerprint density at radius 1 is 1.26 bits per heavy atom. The van der Waals surface area contributed by atoms with Crippen molar-refractivity contribution in [3.63, 3.8) is 0 Å². The summed E-state index contributed by atoms with van der Waals surface area (Å²) in [6, 6.07) is 7.56. The first-order chi connectivity index (χ1) is 13.1. The summed E-state index contributed by atoms with van der Waals surface area (Å²) in [6.45, 7) is 2.32. The smallest absolute Gasteiger partial charge is 0.253 e. The van der Waals surface area contributed by atoms with Crippen LogP contribution in [0.2, 0.25) is 4.34 Å². The van der Waals surface area contributed by atoms with E-state index >= 15 is 0 Å². The van der Waals surface area contributed by atoms with Crippen LogP contribution < -0.4 is 5.32 Å². The molecule has 4 rings (SSSR count). The third kappa shape index (κ3) is 3.65. The molecule has 0 aliphatic heterocycles. The van der Waals surface area contributed by atoms with Crippen molar-refractivity contribution in [1.29, 1.82) is 0 Å². The number of pyridine rings is 1. The van der Waals surface area contributed by atoms with Crippen LogP contribution >= 0.6 is 22.9 Å². The molecule has 0 fully saturated rings. The maximum atomic E-state index is 12.7. The van der Waals surface area contributed by atoms with Crippen molar-refractivity contribution < 1.29 is 4.79 Å². The lowest BCUT2D eigenvalue weighted by atomic mass is 10.1. The largest absolute Gasteiger partial charge is 0.366 e. The van der Waals surface area contributed by atoms with Crippen molar-refractivity contribution in [2.45, 2.75) is 13.5 Å². The van der Waals surface area contributed by atoms with Gasteiger partial charge >= 0.3 is 0 Å². The number of aromatic nitrogens is 4. The van der Waals surface area contributed by atoms with E-state index in [0.29, 0.717) is 16.4 Å². The third-order valence-electron chi connectivity index (χ3n) is 4.16. The van der Waals surface area contributed by atoms with Crippen LogP contribution in [0.1, 0.15) is 21.7 Å². The monoisotopic (exact) mass is 397 g/mol. The van der Waals surface area contributed by atoms with Crippen LogP contribution in [0, 0.1) is 6.92 Å². The van der Waals surface area contributed by atoms with E-state index in [-0.39, 0.29) is 5.91 Å². The van der Waals surface area contributed by atoms with Crippen molar-refractivity contribution in [2.75, 3.05) is 0 Å². The molecule has 0 saturated carbocycles. The first kappa shape index (κ1) is 17.5. The Morgan fingerprint density at radius 3 is 2.89 bits per heavy atom. The minimum Gasteiger partial charge on any atom is -0.366 e. The number of H-pyrrole nitrogens is 1. The quantitative estimate of drug-likeness (QED) is 0.529. The lowest BCUT2D eigenvalue weighted by molar-refractivity contribution is 0.0951. The number of rotatable bonds is 5. The molecule has 27 heavy (non-hydrogen) atoms. The number of carbonyl (C=O) groups is 1. The van der Waals surface area contributed by atoms with Gasteiger partial charge in [0.2, 0.25) is 0 Å². The second-order valence-corrected chi connectivity index (χ2v) is 7.65. The van der Waals surface area contributed by atoms with Crippen molar-refractivity contribution >= 4 is 28.8 Å². The van der Waals surface area contributed by atoms with Crippen LogP contribution in [0.3, 0.4) is 0 Å². The number of amides is 1. The van der Waals surface area contributed by atoms with Crippen LogP contribution in [0.25, 0.3) is 16.3 Å². The molecule has 0 aromatic carbocycles. The van der Waals surface area contributed by atoms with Crippen molar-refractivity contribution in [1.82, 2.24) is 24.8 Å². The van der Waals surface area contributed by atoms with Crippen molar-refractivity contribution in [2.24, 2.45) is 0 Å². The summed E-state index contributed by atoms with van der Waals surface area (Å²) in [5.41, 5.74) is 2.39. The lowest BCUT2D eigenvalue weighted by Crippen LogP contribution is -2.23. The van der Waals surface area contributed by atoms with Gasteiger partial charge in [0, 0.05) is 48.0 Å². The molecule has 0 aliphatic rings. The van der Waals surface area contributed by atoms with E-state index in [4.69, 9.17) is 11.6 Å². The van der Waals surface area contributed by atoms with Crippen LogP contribution in [0.5, 0.6) is 0 Å². The van der Waals surface area contributed by atoms with Gasteiger partial charge in [-0.05, 0) is 36.8 Å². The van der Waals surface area contributed by atoms with Crippen LogP contribution in [-0.4, -0.2) is 25.4 Å². The summed E-state index contributed by atoms with van der Waals surface area (Å²) in [5.74, 6) is 1.48. The zero-order valence-electron chi connectivity index (χ0n) is 14.4. The second kappa shape index (κ2) is 7.38. The normalized spacial score (nSPS) is 10.9. The average Bonchev–Trinajstić information content (AvgIpc) is 3.40. The van der Waals surface area contributed by atoms with E-state index in [0.717, 1.165) is 27.6 Å². The molecule has 0 radical (unpaired) electrons. The van der Waals surface area contributed by atoms with Gasteiger partial charge in [0.25, 0.3) is 5.91 Å². The minimum absolute atomic E-state index is 0.145. The molecule has 0 unspecified atom stereocenters. The van der Waals surface area contributed by atoms with E-state index < -0.39 is 0 Å². The van der Waals surface area contributed by atoms with Gasteiger partial charge in [-0.25, -0.2) is 9.97 Å². The Morgan fingerprint density at radius 2 is 2.15 bits per heavy atom. The summed E-state index contributed by atoms with van der Waals surface area (Å²) < 4.78 is 2.59. The minimum atomic E-state index is -0.145. The zero-order chi connectivity index (χ0) is 18.8. The number of imidazole rings is 1. The van der Waals surface area contributed by atoms with E-state index in [2.05, 4.69) is 20.3 Å². The predicted octanol–water partition coefficient (Wildman–Crippen LogP) is 4.22. The van der Waals surface area contributed by atoms with E-state index in [9.17, 15) is 4.79 Å².